The van der Waals surface area contributed by atoms with Crippen LogP contribution in [0.1, 0.15) is 122 Å². The van der Waals surface area contributed by atoms with E-state index in [0.29, 0.717) is 45.3 Å². The fourth-order valence-corrected chi connectivity index (χ4v) is 9.02. The van der Waals surface area contributed by atoms with Gasteiger partial charge in [0.2, 0.25) is 5.78 Å². The molecule has 0 amide bonds. The lowest BCUT2D eigenvalue weighted by atomic mass is 9.86. The van der Waals surface area contributed by atoms with Gasteiger partial charge in [0.05, 0.1) is 11.1 Å². The summed E-state index contributed by atoms with van der Waals surface area (Å²) in [4.78, 5) is 14.5. The largest absolute Gasteiger partial charge is 0.530 e. The Balaban J connectivity index is 0.000000649. The van der Waals surface area contributed by atoms with Gasteiger partial charge in [-0.3, -0.25) is 9.32 Å². The fraction of sp³-hybridized carbons (Fsp3) is 0.351. The smallest absolute Gasteiger partial charge is 0.417 e. The van der Waals surface area contributed by atoms with Crippen LogP contribution in [-0.2, 0) is 22.8 Å². The van der Waals surface area contributed by atoms with Crippen molar-refractivity contribution in [1.29, 1.82) is 0 Å². The number of para-hydroxylation sites is 5. The van der Waals surface area contributed by atoms with E-state index in [-0.39, 0.29) is 22.0 Å². The first-order chi connectivity index (χ1) is 31.1. The lowest BCUT2D eigenvalue weighted by Gasteiger charge is -2.26. The van der Waals surface area contributed by atoms with Gasteiger partial charge in [-0.15, -0.1) is 0 Å². The van der Waals surface area contributed by atoms with Crippen LogP contribution in [0.15, 0.2) is 157 Å². The van der Waals surface area contributed by atoms with Crippen LogP contribution in [0.4, 0.5) is 0 Å². The average molecular weight is 929 g/mol. The van der Waals surface area contributed by atoms with Gasteiger partial charge in [-0.1, -0.05) is 192 Å². The van der Waals surface area contributed by atoms with Gasteiger partial charge in [-0.05, 0) is 100 Å². The molecule has 6 rings (SSSR count). The molecule has 66 heavy (non-hydrogen) atoms. The zero-order valence-electron chi connectivity index (χ0n) is 41.3. The molecule has 0 bridgehead atoms. The fourth-order valence-electron chi connectivity index (χ4n) is 7.09. The Morgan fingerprint density at radius 2 is 0.894 bits per heavy atom. The monoisotopic (exact) mass is 928 g/mol. The molecule has 2 unspecified atom stereocenters. The minimum atomic E-state index is -2.11. The SMILES string of the molecule is CC(C)(C)C1=CCC=CC=C1.COP(Oc1ccccc1CC(C)(C)C)Oc1ccccc1C(=O)c1ccccc1OP(Oc1ccccc1CC(C)(C)C)Oc1ccccc1C(C)(C)C. The van der Waals surface area contributed by atoms with E-state index in [1.54, 1.807) is 36.4 Å². The van der Waals surface area contributed by atoms with Crippen LogP contribution in [0, 0.1) is 16.2 Å². The second-order valence-electron chi connectivity index (χ2n) is 20.8. The normalized spacial score (nSPS) is 13.9. The molecule has 2 atom stereocenters. The summed E-state index contributed by atoms with van der Waals surface area (Å²) in [5, 5.41) is 0. The van der Waals surface area contributed by atoms with Crippen LogP contribution in [0.25, 0.3) is 0 Å². The Labute approximate surface area is 398 Å². The zero-order chi connectivity index (χ0) is 48.1. The van der Waals surface area contributed by atoms with Crippen molar-refractivity contribution in [2.75, 3.05) is 7.11 Å². The predicted octanol–water partition coefficient (Wildman–Crippen LogP) is 17.0. The molecule has 0 aliphatic heterocycles. The van der Waals surface area contributed by atoms with Crippen LogP contribution < -0.4 is 22.6 Å². The maximum absolute atomic E-state index is 14.5. The predicted molar refractivity (Wildman–Crippen MR) is 275 cm³/mol. The molecular weight excluding hydrogens is 859 g/mol. The van der Waals surface area contributed by atoms with Gasteiger partial charge in [0.15, 0.2) is 0 Å². The topological polar surface area (TPSA) is 72.5 Å². The molecule has 0 fully saturated rings. The molecule has 0 aromatic heterocycles. The second-order valence-corrected chi connectivity index (χ2v) is 22.9. The lowest BCUT2D eigenvalue weighted by Crippen LogP contribution is -2.14. The van der Waals surface area contributed by atoms with Gasteiger partial charge in [0.1, 0.15) is 28.7 Å². The number of carbonyl (C=O) groups excluding carboxylic acids is 1. The number of rotatable bonds is 15. The first kappa shape index (κ1) is 51.8. The van der Waals surface area contributed by atoms with Crippen molar-refractivity contribution >= 4 is 23.0 Å². The molecule has 5 aromatic rings. The zero-order valence-corrected chi connectivity index (χ0v) is 43.1. The number of hydrogen-bond acceptors (Lipinski definition) is 7. The van der Waals surface area contributed by atoms with E-state index in [9.17, 15) is 4.79 Å². The molecule has 0 saturated carbocycles. The van der Waals surface area contributed by atoms with Crippen molar-refractivity contribution in [3.05, 3.63) is 185 Å². The van der Waals surface area contributed by atoms with Crippen LogP contribution in [-0.4, -0.2) is 12.9 Å². The van der Waals surface area contributed by atoms with Crippen LogP contribution in [0.5, 0.6) is 28.7 Å². The van der Waals surface area contributed by atoms with Crippen molar-refractivity contribution in [3.8, 4) is 28.7 Å². The molecule has 1 aliphatic carbocycles. The molecule has 0 spiro atoms. The molecule has 0 saturated heterocycles. The van der Waals surface area contributed by atoms with Gasteiger partial charge in [-0.25, -0.2) is 0 Å². The Morgan fingerprint density at radius 1 is 0.485 bits per heavy atom. The van der Waals surface area contributed by atoms with Gasteiger partial charge < -0.3 is 22.6 Å². The standard InChI is InChI=1S/C46H54O7P2.C11H16/c1-44(2,3)31-33-21-11-16-26-38(33)49-54(48-10)51-40-28-18-13-23-35(40)43(47)36-24-14-19-29-41(36)52-55(53-42-30-20-15-25-37(42)46(7,8)9)50-39-27-17-12-22-34(39)32-45(4,5)6;1-11(2,3)10-8-6-4-5-7-9-10/h11-30H,31-32H2,1-10H3;4-6,8-9H,7H2,1-3H3. The van der Waals surface area contributed by atoms with Gasteiger partial charge >= 0.3 is 17.2 Å². The number of hydrogen-bond donors (Lipinski definition) is 0. The van der Waals surface area contributed by atoms with E-state index in [1.807, 2.05) is 78.9 Å². The van der Waals surface area contributed by atoms with Crippen molar-refractivity contribution in [1.82, 2.24) is 0 Å². The van der Waals surface area contributed by atoms with Crippen LogP contribution in [0.3, 0.4) is 0 Å². The van der Waals surface area contributed by atoms with Gasteiger partial charge in [0.25, 0.3) is 0 Å². The highest BCUT2D eigenvalue weighted by molar-refractivity contribution is 7.43. The molecule has 1 aliphatic rings. The molecule has 0 N–H and O–H groups in total. The minimum Gasteiger partial charge on any atom is -0.417 e. The highest BCUT2D eigenvalue weighted by Gasteiger charge is 2.30. The van der Waals surface area contributed by atoms with Crippen molar-refractivity contribution in [2.45, 2.75) is 108 Å². The van der Waals surface area contributed by atoms with E-state index in [1.165, 1.54) is 12.7 Å². The van der Waals surface area contributed by atoms with Gasteiger partial charge in [0, 0.05) is 12.7 Å². The maximum Gasteiger partial charge on any atom is 0.530 e. The number of carbonyl (C=O) groups is 1. The van der Waals surface area contributed by atoms with Crippen molar-refractivity contribution in [3.63, 3.8) is 0 Å². The van der Waals surface area contributed by atoms with Gasteiger partial charge in [-0.2, -0.15) is 0 Å². The highest BCUT2D eigenvalue weighted by atomic mass is 31.2. The Bertz CT molecular complexity index is 2460. The average Bonchev–Trinajstić information content (AvgIpc) is 3.55. The highest BCUT2D eigenvalue weighted by Crippen LogP contribution is 2.48. The molecule has 0 heterocycles. The molecule has 350 valence electrons. The van der Waals surface area contributed by atoms with E-state index >= 15 is 0 Å². The molecular formula is C57H70O7P2. The minimum absolute atomic E-state index is 0.0151. The van der Waals surface area contributed by atoms with E-state index in [2.05, 4.69) is 120 Å². The van der Waals surface area contributed by atoms with Crippen molar-refractivity contribution < 1.29 is 31.9 Å². The molecule has 5 aromatic carbocycles. The quantitative estimate of drug-likeness (QED) is 0.0765. The van der Waals surface area contributed by atoms with Crippen molar-refractivity contribution in [2.24, 2.45) is 16.2 Å². The number of ketones is 1. The number of allylic oxidation sites excluding steroid dienone is 6. The summed E-state index contributed by atoms with van der Waals surface area (Å²) in [5.74, 6) is 2.33. The maximum atomic E-state index is 14.5. The van der Waals surface area contributed by atoms with E-state index in [4.69, 9.17) is 27.1 Å². The Morgan fingerprint density at radius 3 is 1.38 bits per heavy atom. The van der Waals surface area contributed by atoms with E-state index < -0.39 is 17.2 Å². The Kier molecular flexibility index (Phi) is 18.1. The van der Waals surface area contributed by atoms with Crippen LogP contribution >= 0.6 is 17.2 Å². The Hall–Kier alpha value is -5.19. The van der Waals surface area contributed by atoms with E-state index in [0.717, 1.165) is 36.0 Å². The molecule has 7 nitrogen and oxygen atoms in total. The lowest BCUT2D eigenvalue weighted by molar-refractivity contribution is 0.103. The third-order valence-corrected chi connectivity index (χ3v) is 12.2. The number of benzene rings is 5. The molecule has 9 heteroatoms. The summed E-state index contributed by atoms with van der Waals surface area (Å²) in [7, 11) is -2.48. The summed E-state index contributed by atoms with van der Waals surface area (Å²) in [6.07, 6.45) is 13.5. The summed E-state index contributed by atoms with van der Waals surface area (Å²) < 4.78 is 38.3. The third-order valence-electron chi connectivity index (χ3n) is 10.2. The summed E-state index contributed by atoms with van der Waals surface area (Å²) >= 11 is 0. The summed E-state index contributed by atoms with van der Waals surface area (Å²) in [6, 6.07) is 37.9. The molecule has 0 radical (unpaired) electrons. The third kappa shape index (κ3) is 16.0. The summed E-state index contributed by atoms with van der Waals surface area (Å²) in [6.45, 7) is 26.3. The second kappa shape index (κ2) is 23.0. The first-order valence-electron chi connectivity index (χ1n) is 22.7. The summed E-state index contributed by atoms with van der Waals surface area (Å²) in [5.41, 5.74) is 5.32. The van der Waals surface area contributed by atoms with Crippen LogP contribution in [0.2, 0.25) is 0 Å². The first-order valence-corrected chi connectivity index (χ1v) is 24.9.